The van der Waals surface area contributed by atoms with Gasteiger partial charge in [-0.3, -0.25) is 0 Å². The maximum Gasteiger partial charge on any atom is 0.407 e. The molecule has 0 unspecified atom stereocenters. The molecule has 0 saturated heterocycles. The fraction of sp³-hybridized carbons (Fsp3) is 0.900. The summed E-state index contributed by atoms with van der Waals surface area (Å²) in [7, 11) is 0. The standard InChI is InChI=1S/C10H19NO3S/c1-10(2,3)13-9(12)11-7-5-8(6-7)14-15-4/h7-8H,5-6H2,1-4H3,(H,11,12)/t7-,8+. The van der Waals surface area contributed by atoms with Crippen molar-refractivity contribution in [2.45, 2.75) is 51.4 Å². The van der Waals surface area contributed by atoms with Gasteiger partial charge in [0.05, 0.1) is 6.10 Å². The Kier molecular flexibility index (Phi) is 4.28. The highest BCUT2D eigenvalue weighted by Crippen LogP contribution is 2.26. The zero-order valence-electron chi connectivity index (χ0n) is 9.70. The number of ether oxygens (including phenoxy) is 1. The van der Waals surface area contributed by atoms with Crippen molar-refractivity contribution >= 4 is 18.1 Å². The summed E-state index contributed by atoms with van der Waals surface area (Å²) in [6, 6.07) is 0.206. The van der Waals surface area contributed by atoms with Gasteiger partial charge in [0.25, 0.3) is 0 Å². The molecule has 0 atom stereocenters. The van der Waals surface area contributed by atoms with Crippen LogP contribution in [0.4, 0.5) is 4.79 Å². The molecule has 0 aromatic heterocycles. The molecule has 0 radical (unpaired) electrons. The molecule has 0 heterocycles. The number of rotatable bonds is 3. The fourth-order valence-corrected chi connectivity index (χ4v) is 1.80. The first-order chi connectivity index (χ1) is 6.90. The van der Waals surface area contributed by atoms with E-state index >= 15 is 0 Å². The third-order valence-electron chi connectivity index (χ3n) is 2.05. The SMILES string of the molecule is CSO[C@H]1C[C@@H](NC(=O)OC(C)(C)C)C1. The topological polar surface area (TPSA) is 47.6 Å². The molecule has 1 saturated carbocycles. The number of hydrogen-bond donors (Lipinski definition) is 1. The monoisotopic (exact) mass is 233 g/mol. The molecule has 0 aromatic carbocycles. The van der Waals surface area contributed by atoms with Gasteiger partial charge >= 0.3 is 6.09 Å². The van der Waals surface area contributed by atoms with Crippen LogP contribution in [0.15, 0.2) is 0 Å². The van der Waals surface area contributed by atoms with Gasteiger partial charge in [0, 0.05) is 12.3 Å². The summed E-state index contributed by atoms with van der Waals surface area (Å²) in [6.45, 7) is 5.56. The maximum atomic E-state index is 11.3. The second kappa shape index (κ2) is 5.07. The first-order valence-corrected chi connectivity index (χ1v) is 6.24. The zero-order valence-corrected chi connectivity index (χ0v) is 10.5. The normalized spacial score (nSPS) is 25.6. The molecule has 1 amide bonds. The van der Waals surface area contributed by atoms with Crippen molar-refractivity contribution in [1.29, 1.82) is 0 Å². The summed E-state index contributed by atoms with van der Waals surface area (Å²) in [5, 5.41) is 2.81. The van der Waals surface area contributed by atoms with Crippen LogP contribution in [0.25, 0.3) is 0 Å². The Morgan fingerprint density at radius 1 is 1.40 bits per heavy atom. The van der Waals surface area contributed by atoms with E-state index in [2.05, 4.69) is 5.32 Å². The molecule has 5 heteroatoms. The molecule has 4 nitrogen and oxygen atoms in total. The summed E-state index contributed by atoms with van der Waals surface area (Å²) in [5.74, 6) is 0. The van der Waals surface area contributed by atoms with E-state index in [1.54, 1.807) is 0 Å². The Morgan fingerprint density at radius 3 is 2.47 bits per heavy atom. The molecule has 1 N–H and O–H groups in total. The van der Waals surface area contributed by atoms with Crippen molar-refractivity contribution in [1.82, 2.24) is 5.32 Å². The van der Waals surface area contributed by atoms with Crippen LogP contribution in [-0.4, -0.2) is 30.1 Å². The Balaban J connectivity index is 2.14. The van der Waals surface area contributed by atoms with E-state index in [9.17, 15) is 4.79 Å². The number of hydrogen-bond acceptors (Lipinski definition) is 4. The number of carbonyl (C=O) groups excluding carboxylic acids is 1. The number of amides is 1. The van der Waals surface area contributed by atoms with Crippen LogP contribution in [0, 0.1) is 0 Å². The largest absolute Gasteiger partial charge is 0.444 e. The first kappa shape index (κ1) is 12.6. The van der Waals surface area contributed by atoms with E-state index in [-0.39, 0.29) is 18.2 Å². The minimum atomic E-state index is -0.428. The van der Waals surface area contributed by atoms with Gasteiger partial charge < -0.3 is 14.2 Å². The van der Waals surface area contributed by atoms with Crippen molar-refractivity contribution in [3.8, 4) is 0 Å². The van der Waals surface area contributed by atoms with Crippen LogP contribution >= 0.6 is 12.0 Å². The summed E-state index contributed by atoms with van der Waals surface area (Å²) in [6.07, 6.45) is 3.59. The van der Waals surface area contributed by atoms with E-state index in [1.807, 2.05) is 27.0 Å². The lowest BCUT2D eigenvalue weighted by Crippen LogP contribution is -2.48. The van der Waals surface area contributed by atoms with Crippen LogP contribution in [0.1, 0.15) is 33.6 Å². The molecular formula is C10H19NO3S. The lowest BCUT2D eigenvalue weighted by molar-refractivity contribution is 0.0394. The van der Waals surface area contributed by atoms with Gasteiger partial charge in [-0.2, -0.15) is 0 Å². The molecule has 88 valence electrons. The van der Waals surface area contributed by atoms with Crippen LogP contribution in [0.2, 0.25) is 0 Å². The van der Waals surface area contributed by atoms with Gasteiger partial charge in [-0.05, 0) is 45.7 Å². The predicted molar refractivity (Wildman–Crippen MR) is 60.8 cm³/mol. The number of carbonyl (C=O) groups is 1. The van der Waals surface area contributed by atoms with Crippen molar-refractivity contribution in [3.63, 3.8) is 0 Å². The van der Waals surface area contributed by atoms with Crippen LogP contribution in [-0.2, 0) is 8.92 Å². The summed E-state index contributed by atoms with van der Waals surface area (Å²) in [4.78, 5) is 11.3. The Hall–Kier alpha value is -0.420. The quantitative estimate of drug-likeness (QED) is 0.760. The summed E-state index contributed by atoms with van der Waals surface area (Å²) >= 11 is 1.37. The average Bonchev–Trinajstić information content (AvgIpc) is 1.97. The summed E-state index contributed by atoms with van der Waals surface area (Å²) in [5.41, 5.74) is -0.428. The molecular weight excluding hydrogens is 214 g/mol. The third kappa shape index (κ3) is 4.75. The molecule has 0 bridgehead atoms. The van der Waals surface area contributed by atoms with Crippen LogP contribution in [0.5, 0.6) is 0 Å². The van der Waals surface area contributed by atoms with Gasteiger partial charge in [-0.25, -0.2) is 4.79 Å². The number of alkyl carbamates (subject to hydrolysis) is 1. The van der Waals surface area contributed by atoms with Crippen molar-refractivity contribution in [3.05, 3.63) is 0 Å². The molecule has 1 aliphatic carbocycles. The van der Waals surface area contributed by atoms with E-state index in [0.717, 1.165) is 12.8 Å². The van der Waals surface area contributed by atoms with E-state index in [4.69, 9.17) is 8.92 Å². The van der Waals surface area contributed by atoms with Crippen molar-refractivity contribution in [2.75, 3.05) is 6.26 Å². The minimum absolute atomic E-state index is 0.206. The highest BCUT2D eigenvalue weighted by atomic mass is 32.2. The fourth-order valence-electron chi connectivity index (χ4n) is 1.37. The highest BCUT2D eigenvalue weighted by molar-refractivity contribution is 7.93. The molecule has 1 rings (SSSR count). The van der Waals surface area contributed by atoms with Crippen LogP contribution < -0.4 is 5.32 Å². The van der Waals surface area contributed by atoms with Gasteiger partial charge in [0.15, 0.2) is 0 Å². The van der Waals surface area contributed by atoms with Crippen molar-refractivity contribution in [2.24, 2.45) is 0 Å². The van der Waals surface area contributed by atoms with E-state index < -0.39 is 5.60 Å². The molecule has 1 fully saturated rings. The highest BCUT2D eigenvalue weighted by Gasteiger charge is 2.32. The van der Waals surface area contributed by atoms with Gasteiger partial charge in [0.2, 0.25) is 0 Å². The minimum Gasteiger partial charge on any atom is -0.444 e. The van der Waals surface area contributed by atoms with Gasteiger partial charge in [-0.15, -0.1) is 0 Å². The van der Waals surface area contributed by atoms with E-state index in [0.29, 0.717) is 0 Å². The second-order valence-corrected chi connectivity index (χ2v) is 5.23. The Labute approximate surface area is 95.3 Å². The third-order valence-corrected chi connectivity index (χ3v) is 2.51. The van der Waals surface area contributed by atoms with Crippen molar-refractivity contribution < 1.29 is 13.7 Å². The molecule has 15 heavy (non-hydrogen) atoms. The lowest BCUT2D eigenvalue weighted by atomic mass is 9.90. The Bertz CT molecular complexity index is 221. The first-order valence-electron chi connectivity index (χ1n) is 5.09. The smallest absolute Gasteiger partial charge is 0.407 e. The zero-order chi connectivity index (χ0) is 11.5. The molecule has 1 aliphatic rings. The summed E-state index contributed by atoms with van der Waals surface area (Å²) < 4.78 is 10.5. The number of nitrogens with one attached hydrogen (secondary N) is 1. The lowest BCUT2D eigenvalue weighted by Gasteiger charge is -2.34. The second-order valence-electron chi connectivity index (χ2n) is 4.70. The Morgan fingerprint density at radius 2 is 2.00 bits per heavy atom. The predicted octanol–water partition coefficient (Wildman–Crippen LogP) is 2.34. The molecule has 0 aromatic rings. The van der Waals surface area contributed by atoms with E-state index in [1.165, 1.54) is 12.0 Å². The van der Waals surface area contributed by atoms with Crippen LogP contribution in [0.3, 0.4) is 0 Å². The molecule has 0 spiro atoms. The molecule has 0 aliphatic heterocycles. The average molecular weight is 233 g/mol. The maximum absolute atomic E-state index is 11.3. The van der Waals surface area contributed by atoms with Gasteiger partial charge in [0.1, 0.15) is 5.60 Å². The van der Waals surface area contributed by atoms with Gasteiger partial charge in [-0.1, -0.05) is 0 Å².